The van der Waals surface area contributed by atoms with E-state index in [0.717, 1.165) is 28.8 Å². The maximum Gasteiger partial charge on any atom is 0.258 e. The van der Waals surface area contributed by atoms with Gasteiger partial charge in [0, 0.05) is 23.1 Å². The van der Waals surface area contributed by atoms with E-state index in [-0.39, 0.29) is 5.91 Å². The summed E-state index contributed by atoms with van der Waals surface area (Å²) in [7, 11) is 0. The maximum absolute atomic E-state index is 12.8. The highest BCUT2D eigenvalue weighted by Crippen LogP contribution is 2.30. The van der Waals surface area contributed by atoms with E-state index in [1.165, 1.54) is 0 Å². The van der Waals surface area contributed by atoms with Crippen LogP contribution in [0.5, 0.6) is 0 Å². The highest BCUT2D eigenvalue weighted by molar-refractivity contribution is 9.10. The lowest BCUT2D eigenvalue weighted by molar-refractivity contribution is 0.0987. The molecule has 5 heteroatoms. The van der Waals surface area contributed by atoms with Crippen molar-refractivity contribution in [3.05, 3.63) is 57.5 Å². The molecule has 1 heterocycles. The van der Waals surface area contributed by atoms with E-state index in [1.54, 1.807) is 18.2 Å². The monoisotopic (exact) mass is 364 g/mol. The molecule has 0 unspecified atom stereocenters. The number of rotatable bonds is 1. The zero-order valence-electron chi connectivity index (χ0n) is 11.3. The van der Waals surface area contributed by atoms with Crippen molar-refractivity contribution in [3.8, 4) is 0 Å². The highest BCUT2D eigenvalue weighted by atomic mass is 79.9. The van der Waals surface area contributed by atoms with Gasteiger partial charge in [0.1, 0.15) is 0 Å². The molecule has 2 aromatic carbocycles. The van der Waals surface area contributed by atoms with E-state index >= 15 is 0 Å². The lowest BCUT2D eigenvalue weighted by atomic mass is 10.1. The van der Waals surface area contributed by atoms with Gasteiger partial charge in [-0.3, -0.25) is 4.79 Å². The Kier molecular flexibility index (Phi) is 4.17. The molecule has 0 aliphatic carbocycles. The van der Waals surface area contributed by atoms with Gasteiger partial charge < -0.3 is 10.2 Å². The molecule has 1 amide bonds. The van der Waals surface area contributed by atoms with Crippen LogP contribution < -0.4 is 10.2 Å². The van der Waals surface area contributed by atoms with Crippen molar-refractivity contribution >= 4 is 44.8 Å². The Morgan fingerprint density at radius 1 is 1.24 bits per heavy atom. The number of fused-ring (bicyclic) bond motifs is 1. The molecule has 21 heavy (non-hydrogen) atoms. The number of nitrogens with one attached hydrogen (secondary N) is 1. The molecule has 108 valence electrons. The Hall–Kier alpha value is -1.52. The normalized spacial score (nSPS) is 14.1. The molecule has 0 saturated carbocycles. The van der Waals surface area contributed by atoms with Crippen molar-refractivity contribution in [3.63, 3.8) is 0 Å². The molecule has 0 bridgehead atoms. The van der Waals surface area contributed by atoms with E-state index in [9.17, 15) is 4.79 Å². The van der Waals surface area contributed by atoms with E-state index in [4.69, 9.17) is 11.6 Å². The standard InChI is InChI=1S/C16H14BrClN2O/c17-12-10-11(6-7-13(12)18)16(21)20-9-3-8-19-14-4-1-2-5-15(14)20/h1-2,4-7,10,19H,3,8-9H2. The number of benzene rings is 2. The number of anilines is 2. The van der Waals surface area contributed by atoms with Crippen molar-refractivity contribution in [2.45, 2.75) is 6.42 Å². The van der Waals surface area contributed by atoms with Crippen LogP contribution in [0.1, 0.15) is 16.8 Å². The summed E-state index contributed by atoms with van der Waals surface area (Å²) < 4.78 is 0.733. The van der Waals surface area contributed by atoms with Crippen LogP contribution in [0.15, 0.2) is 46.9 Å². The van der Waals surface area contributed by atoms with Crippen LogP contribution in [0, 0.1) is 0 Å². The number of amides is 1. The fourth-order valence-corrected chi connectivity index (χ4v) is 2.93. The van der Waals surface area contributed by atoms with Gasteiger partial charge in [-0.2, -0.15) is 0 Å². The van der Waals surface area contributed by atoms with Crippen LogP contribution in [0.2, 0.25) is 5.02 Å². The summed E-state index contributed by atoms with van der Waals surface area (Å²) >= 11 is 9.37. The van der Waals surface area contributed by atoms with E-state index in [2.05, 4.69) is 21.2 Å². The number of carbonyl (C=O) groups is 1. The first-order chi connectivity index (χ1) is 10.2. The third kappa shape index (κ3) is 2.92. The minimum absolute atomic E-state index is 0.0106. The number of halogens is 2. The second-order valence-electron chi connectivity index (χ2n) is 4.88. The minimum atomic E-state index is -0.0106. The predicted molar refractivity (Wildman–Crippen MR) is 90.4 cm³/mol. The maximum atomic E-state index is 12.8. The van der Waals surface area contributed by atoms with E-state index < -0.39 is 0 Å². The largest absolute Gasteiger partial charge is 0.383 e. The smallest absolute Gasteiger partial charge is 0.258 e. The molecule has 1 N–H and O–H groups in total. The quantitative estimate of drug-likeness (QED) is 0.803. The van der Waals surface area contributed by atoms with E-state index in [0.29, 0.717) is 17.1 Å². The van der Waals surface area contributed by atoms with Gasteiger partial charge in [0.2, 0.25) is 0 Å². The fourth-order valence-electron chi connectivity index (χ4n) is 2.44. The number of carbonyl (C=O) groups excluding carboxylic acids is 1. The van der Waals surface area contributed by atoms with Crippen LogP contribution in [0.4, 0.5) is 11.4 Å². The van der Waals surface area contributed by atoms with Crippen molar-refractivity contribution < 1.29 is 4.79 Å². The molecule has 3 nitrogen and oxygen atoms in total. The summed E-state index contributed by atoms with van der Waals surface area (Å²) in [5.41, 5.74) is 2.55. The molecule has 0 aromatic heterocycles. The Balaban J connectivity index is 1.99. The van der Waals surface area contributed by atoms with Crippen molar-refractivity contribution in [1.29, 1.82) is 0 Å². The lowest BCUT2D eigenvalue weighted by Crippen LogP contribution is -2.31. The van der Waals surface area contributed by atoms with Gasteiger partial charge in [-0.1, -0.05) is 23.7 Å². The summed E-state index contributed by atoms with van der Waals surface area (Å²) in [6.45, 7) is 1.56. The summed E-state index contributed by atoms with van der Waals surface area (Å²) in [5.74, 6) is -0.0106. The molecular formula is C16H14BrClN2O. The van der Waals surface area contributed by atoms with Crippen molar-refractivity contribution in [2.24, 2.45) is 0 Å². The molecule has 1 aliphatic heterocycles. The third-order valence-electron chi connectivity index (χ3n) is 3.48. The first-order valence-corrected chi connectivity index (χ1v) is 7.94. The molecule has 1 aliphatic rings. The third-order valence-corrected chi connectivity index (χ3v) is 4.69. The van der Waals surface area contributed by atoms with Crippen LogP contribution in [0.3, 0.4) is 0 Å². The Labute approximate surface area is 137 Å². The number of hydrogen-bond acceptors (Lipinski definition) is 2. The molecule has 0 saturated heterocycles. The van der Waals surface area contributed by atoms with Gasteiger partial charge in [-0.25, -0.2) is 0 Å². The van der Waals surface area contributed by atoms with Crippen LogP contribution in [0.25, 0.3) is 0 Å². The minimum Gasteiger partial charge on any atom is -0.383 e. The molecule has 2 aromatic rings. The zero-order chi connectivity index (χ0) is 14.8. The lowest BCUT2D eigenvalue weighted by Gasteiger charge is -2.22. The first-order valence-electron chi connectivity index (χ1n) is 6.76. The van der Waals surface area contributed by atoms with Crippen molar-refractivity contribution in [1.82, 2.24) is 0 Å². The van der Waals surface area contributed by atoms with Gasteiger partial charge in [-0.15, -0.1) is 0 Å². The molecule has 0 spiro atoms. The van der Waals surface area contributed by atoms with Crippen LogP contribution >= 0.6 is 27.5 Å². The molecule has 3 rings (SSSR count). The number of hydrogen-bond donors (Lipinski definition) is 1. The fraction of sp³-hybridized carbons (Fsp3) is 0.188. The Bertz CT molecular complexity index is 690. The average molecular weight is 366 g/mol. The van der Waals surface area contributed by atoms with Gasteiger partial charge in [-0.05, 0) is 52.7 Å². The number of para-hydroxylation sites is 2. The van der Waals surface area contributed by atoms with Gasteiger partial charge in [0.25, 0.3) is 5.91 Å². The molecule has 0 fully saturated rings. The van der Waals surface area contributed by atoms with E-state index in [1.807, 2.05) is 29.2 Å². The Morgan fingerprint density at radius 3 is 2.86 bits per heavy atom. The number of nitrogens with zero attached hydrogens (tertiary/aromatic N) is 1. The Morgan fingerprint density at radius 2 is 2.05 bits per heavy atom. The second-order valence-corrected chi connectivity index (χ2v) is 6.14. The molecule has 0 radical (unpaired) electrons. The van der Waals surface area contributed by atoms with Gasteiger partial charge >= 0.3 is 0 Å². The topological polar surface area (TPSA) is 32.3 Å². The molecular weight excluding hydrogens is 352 g/mol. The van der Waals surface area contributed by atoms with Crippen LogP contribution in [-0.2, 0) is 0 Å². The summed E-state index contributed by atoms with van der Waals surface area (Å²) in [6.07, 6.45) is 0.912. The van der Waals surface area contributed by atoms with Gasteiger partial charge in [0.15, 0.2) is 0 Å². The summed E-state index contributed by atoms with van der Waals surface area (Å²) in [5, 5.41) is 3.96. The summed E-state index contributed by atoms with van der Waals surface area (Å²) in [6, 6.07) is 13.2. The summed E-state index contributed by atoms with van der Waals surface area (Å²) in [4.78, 5) is 14.6. The SMILES string of the molecule is O=C(c1ccc(Cl)c(Br)c1)N1CCCNc2ccccc21. The van der Waals surface area contributed by atoms with Crippen molar-refractivity contribution in [2.75, 3.05) is 23.3 Å². The first kappa shape index (κ1) is 14.4. The zero-order valence-corrected chi connectivity index (χ0v) is 13.6. The predicted octanol–water partition coefficient (Wildman–Crippen LogP) is 4.56. The average Bonchev–Trinajstić information content (AvgIpc) is 2.71. The highest BCUT2D eigenvalue weighted by Gasteiger charge is 2.22. The van der Waals surface area contributed by atoms with Crippen LogP contribution in [-0.4, -0.2) is 19.0 Å². The van der Waals surface area contributed by atoms with Gasteiger partial charge in [0.05, 0.1) is 16.4 Å². The molecule has 0 atom stereocenters. The second kappa shape index (κ2) is 6.08.